The molecule has 2 aromatic rings. The summed E-state index contributed by atoms with van der Waals surface area (Å²) in [4.78, 5) is 12.8. The number of ether oxygens (including phenoxy) is 1. The summed E-state index contributed by atoms with van der Waals surface area (Å²) in [5, 5.41) is 0.649. The lowest BCUT2D eigenvalue weighted by Crippen LogP contribution is -2.25. The Morgan fingerprint density at radius 1 is 0.886 bits per heavy atom. The van der Waals surface area contributed by atoms with Crippen molar-refractivity contribution in [3.05, 3.63) is 40.2 Å². The first-order valence-electron chi connectivity index (χ1n) is 14.5. The van der Waals surface area contributed by atoms with Crippen molar-refractivity contribution >= 4 is 10.8 Å². The minimum Gasteiger partial charge on any atom is -0.490 e. The van der Waals surface area contributed by atoms with Gasteiger partial charge in [-0.3, -0.25) is 0 Å². The molecule has 0 aliphatic heterocycles. The fourth-order valence-electron chi connectivity index (χ4n) is 6.56. The fourth-order valence-corrected chi connectivity index (χ4v) is 6.56. The average molecular weight is 485 g/mol. The number of unbranched alkanes of at least 4 members (excludes halogenated alkanes) is 5. The second kappa shape index (κ2) is 12.9. The molecular formula is C31H45FO3. The molecule has 35 heavy (non-hydrogen) atoms. The second-order valence-electron chi connectivity index (χ2n) is 11.2. The van der Waals surface area contributed by atoms with Crippen LogP contribution in [0.5, 0.6) is 5.75 Å². The Hall–Kier alpha value is -1.84. The molecule has 194 valence electrons. The van der Waals surface area contributed by atoms with E-state index >= 15 is 4.39 Å². The predicted octanol–water partition coefficient (Wildman–Crippen LogP) is 9.16. The predicted molar refractivity (Wildman–Crippen MR) is 142 cm³/mol. The van der Waals surface area contributed by atoms with Crippen LogP contribution in [0.25, 0.3) is 10.8 Å². The molecule has 2 aliphatic rings. The first-order chi connectivity index (χ1) is 17.1. The zero-order chi connectivity index (χ0) is 24.6. The van der Waals surface area contributed by atoms with Gasteiger partial charge in [-0.25, -0.2) is 9.18 Å². The highest BCUT2D eigenvalue weighted by Crippen LogP contribution is 2.44. The van der Waals surface area contributed by atoms with E-state index in [4.69, 9.17) is 9.15 Å². The van der Waals surface area contributed by atoms with Crippen molar-refractivity contribution in [2.24, 2.45) is 17.8 Å². The Kier molecular flexibility index (Phi) is 9.68. The number of hydrogen-bond donors (Lipinski definition) is 0. The van der Waals surface area contributed by atoms with Gasteiger partial charge in [0.15, 0.2) is 11.6 Å². The summed E-state index contributed by atoms with van der Waals surface area (Å²) in [6, 6.07) is 5.38. The Bertz CT molecular complexity index is 981. The zero-order valence-corrected chi connectivity index (χ0v) is 22.0. The topological polar surface area (TPSA) is 39.4 Å². The summed E-state index contributed by atoms with van der Waals surface area (Å²) < 4.78 is 26.5. The first-order valence-corrected chi connectivity index (χ1v) is 14.5. The molecule has 4 rings (SSSR count). The molecule has 0 radical (unpaired) electrons. The summed E-state index contributed by atoms with van der Waals surface area (Å²) in [6.07, 6.45) is 18.4. The van der Waals surface area contributed by atoms with E-state index in [1.165, 1.54) is 70.6 Å². The highest BCUT2D eigenvalue weighted by Gasteiger charge is 2.32. The maximum atomic E-state index is 15.1. The van der Waals surface area contributed by atoms with Gasteiger partial charge >= 0.3 is 5.63 Å². The lowest BCUT2D eigenvalue weighted by Gasteiger charge is -2.37. The SMILES string of the molecule is CCCCCCCCOc1ccc2cc(C3CCC(C4CCC(CC)CC4)CC3)oc(=O)c2c1F. The summed E-state index contributed by atoms with van der Waals surface area (Å²) >= 11 is 0. The Labute approximate surface area is 210 Å². The van der Waals surface area contributed by atoms with E-state index in [9.17, 15) is 4.79 Å². The third-order valence-electron chi connectivity index (χ3n) is 8.92. The number of fused-ring (bicyclic) bond motifs is 1. The van der Waals surface area contributed by atoms with Gasteiger partial charge in [0.1, 0.15) is 11.1 Å². The standard InChI is InChI=1S/C31H45FO3/c1-3-5-6-7-8-9-20-34-27-19-18-26-21-28(35-31(33)29(26)30(27)32)25-16-14-24(15-17-25)23-12-10-22(4-2)11-13-23/h18-19,21-25H,3-17,20H2,1-2H3. The van der Waals surface area contributed by atoms with E-state index in [1.807, 2.05) is 12.1 Å². The van der Waals surface area contributed by atoms with Crippen molar-refractivity contribution in [3.8, 4) is 5.75 Å². The third-order valence-corrected chi connectivity index (χ3v) is 8.92. The molecular weight excluding hydrogens is 439 g/mol. The normalized spacial score (nSPS) is 25.1. The van der Waals surface area contributed by atoms with Gasteiger partial charge in [0.25, 0.3) is 0 Å². The quantitative estimate of drug-likeness (QED) is 0.298. The van der Waals surface area contributed by atoms with Crippen LogP contribution in [0.2, 0.25) is 0 Å². The van der Waals surface area contributed by atoms with E-state index in [-0.39, 0.29) is 17.1 Å². The Balaban J connectivity index is 1.34. The first kappa shape index (κ1) is 26.2. The molecule has 3 nitrogen and oxygen atoms in total. The maximum Gasteiger partial charge on any atom is 0.346 e. The van der Waals surface area contributed by atoms with Gasteiger partial charge in [0.2, 0.25) is 0 Å². The third kappa shape index (κ3) is 6.68. The molecule has 2 aliphatic carbocycles. The van der Waals surface area contributed by atoms with Crippen molar-refractivity contribution < 1.29 is 13.5 Å². The van der Waals surface area contributed by atoms with Crippen LogP contribution in [0.3, 0.4) is 0 Å². The molecule has 0 spiro atoms. The molecule has 0 atom stereocenters. The van der Waals surface area contributed by atoms with E-state index in [0.29, 0.717) is 12.0 Å². The van der Waals surface area contributed by atoms with Gasteiger partial charge in [-0.2, -0.15) is 0 Å². The monoisotopic (exact) mass is 484 g/mol. The van der Waals surface area contributed by atoms with Crippen molar-refractivity contribution in [1.29, 1.82) is 0 Å². The summed E-state index contributed by atoms with van der Waals surface area (Å²) in [6.45, 7) is 5.00. The highest BCUT2D eigenvalue weighted by molar-refractivity contribution is 5.83. The van der Waals surface area contributed by atoms with Gasteiger partial charge in [0.05, 0.1) is 6.61 Å². The summed E-state index contributed by atoms with van der Waals surface area (Å²) in [5.41, 5.74) is -0.569. The van der Waals surface area contributed by atoms with E-state index in [2.05, 4.69) is 13.8 Å². The molecule has 1 heterocycles. The van der Waals surface area contributed by atoms with E-state index in [1.54, 1.807) is 6.07 Å². The zero-order valence-electron chi connectivity index (χ0n) is 22.0. The lowest BCUT2D eigenvalue weighted by molar-refractivity contribution is 0.154. The number of halogens is 1. The van der Waals surface area contributed by atoms with Crippen LogP contribution in [-0.4, -0.2) is 6.61 Å². The lowest BCUT2D eigenvalue weighted by atomic mass is 9.68. The number of rotatable bonds is 11. The molecule has 0 amide bonds. The van der Waals surface area contributed by atoms with Crippen molar-refractivity contribution in [2.45, 2.75) is 116 Å². The summed E-state index contributed by atoms with van der Waals surface area (Å²) in [5.74, 6) is 3.21. The smallest absolute Gasteiger partial charge is 0.346 e. The Morgan fingerprint density at radius 2 is 1.54 bits per heavy atom. The summed E-state index contributed by atoms with van der Waals surface area (Å²) in [7, 11) is 0. The molecule has 2 saturated carbocycles. The molecule has 0 saturated heterocycles. The number of benzene rings is 1. The van der Waals surface area contributed by atoms with Gasteiger partial charge in [0, 0.05) is 5.92 Å². The van der Waals surface area contributed by atoms with Crippen LogP contribution in [0.4, 0.5) is 4.39 Å². The molecule has 0 bridgehead atoms. The van der Waals surface area contributed by atoms with Crippen LogP contribution in [-0.2, 0) is 0 Å². The van der Waals surface area contributed by atoms with Gasteiger partial charge in [-0.05, 0) is 80.2 Å². The Morgan fingerprint density at radius 3 is 2.23 bits per heavy atom. The highest BCUT2D eigenvalue weighted by atomic mass is 19.1. The number of hydrogen-bond acceptors (Lipinski definition) is 3. The molecule has 4 heteroatoms. The minimum absolute atomic E-state index is 0.0237. The van der Waals surface area contributed by atoms with E-state index < -0.39 is 11.4 Å². The largest absolute Gasteiger partial charge is 0.490 e. The minimum atomic E-state index is -0.583. The van der Waals surface area contributed by atoms with Crippen molar-refractivity contribution in [3.63, 3.8) is 0 Å². The second-order valence-corrected chi connectivity index (χ2v) is 11.2. The molecule has 1 aromatic heterocycles. The molecule has 0 unspecified atom stereocenters. The van der Waals surface area contributed by atoms with Gasteiger partial charge < -0.3 is 9.15 Å². The van der Waals surface area contributed by atoms with Crippen LogP contribution in [0.1, 0.15) is 122 Å². The molecule has 2 fully saturated rings. The van der Waals surface area contributed by atoms with Crippen LogP contribution in [0.15, 0.2) is 27.4 Å². The molecule has 0 N–H and O–H groups in total. The van der Waals surface area contributed by atoms with E-state index in [0.717, 1.165) is 49.2 Å². The fraction of sp³-hybridized carbons (Fsp3) is 0.710. The van der Waals surface area contributed by atoms with Crippen molar-refractivity contribution in [2.75, 3.05) is 6.61 Å². The maximum absolute atomic E-state index is 15.1. The van der Waals surface area contributed by atoms with Crippen LogP contribution >= 0.6 is 0 Å². The van der Waals surface area contributed by atoms with Gasteiger partial charge in [-0.1, -0.05) is 71.3 Å². The average Bonchev–Trinajstić information content (AvgIpc) is 2.89. The van der Waals surface area contributed by atoms with Crippen molar-refractivity contribution in [1.82, 2.24) is 0 Å². The van der Waals surface area contributed by atoms with Gasteiger partial charge in [-0.15, -0.1) is 0 Å². The van der Waals surface area contributed by atoms with Crippen LogP contribution < -0.4 is 10.4 Å². The molecule has 1 aromatic carbocycles. The van der Waals surface area contributed by atoms with Crippen LogP contribution in [0, 0.1) is 23.6 Å².